The van der Waals surface area contributed by atoms with Crippen molar-refractivity contribution in [1.29, 1.82) is 0 Å². The maximum Gasteiger partial charge on any atom is 0.334 e. The quantitative estimate of drug-likeness (QED) is 0.649. The highest BCUT2D eigenvalue weighted by molar-refractivity contribution is 5.62. The van der Waals surface area contributed by atoms with Gasteiger partial charge in [0.2, 0.25) is 5.82 Å². The number of hydrogen-bond acceptors (Lipinski definition) is 5. The summed E-state index contributed by atoms with van der Waals surface area (Å²) >= 11 is 0. The molecule has 1 aromatic heterocycles. The molecule has 1 N–H and O–H groups in total. The standard InChI is InChI=1S/C12H22N4O3/c1-8(2)9-10(16(18)19)11(15(6)13-9)14(5)7-12(3,4)17/h8,17H,7H2,1-6H3. The van der Waals surface area contributed by atoms with E-state index in [9.17, 15) is 15.2 Å². The Labute approximate surface area is 113 Å². The largest absolute Gasteiger partial charge is 0.389 e. The molecular weight excluding hydrogens is 248 g/mol. The minimum atomic E-state index is -0.940. The molecule has 19 heavy (non-hydrogen) atoms. The van der Waals surface area contributed by atoms with Crippen molar-refractivity contribution in [2.75, 3.05) is 18.5 Å². The number of hydrogen-bond donors (Lipinski definition) is 1. The van der Waals surface area contributed by atoms with Gasteiger partial charge in [-0.15, -0.1) is 0 Å². The summed E-state index contributed by atoms with van der Waals surface area (Å²) in [6, 6.07) is 0. The summed E-state index contributed by atoms with van der Waals surface area (Å²) in [6.07, 6.45) is 0. The van der Waals surface area contributed by atoms with Gasteiger partial charge in [0.25, 0.3) is 0 Å². The second-order valence-corrected chi connectivity index (χ2v) is 5.76. The van der Waals surface area contributed by atoms with E-state index in [4.69, 9.17) is 0 Å². The molecule has 0 aliphatic rings. The first kappa shape index (κ1) is 15.4. The van der Waals surface area contributed by atoms with Crippen LogP contribution >= 0.6 is 0 Å². The molecule has 0 aromatic carbocycles. The molecule has 0 aliphatic carbocycles. The minimum Gasteiger partial charge on any atom is -0.389 e. The lowest BCUT2D eigenvalue weighted by Gasteiger charge is -2.26. The van der Waals surface area contributed by atoms with Crippen LogP contribution in [0.5, 0.6) is 0 Å². The summed E-state index contributed by atoms with van der Waals surface area (Å²) in [5.74, 6) is 0.381. The zero-order valence-corrected chi connectivity index (χ0v) is 12.3. The van der Waals surface area contributed by atoms with Gasteiger partial charge >= 0.3 is 5.69 Å². The maximum atomic E-state index is 11.3. The molecule has 0 amide bonds. The van der Waals surface area contributed by atoms with Crippen molar-refractivity contribution in [3.05, 3.63) is 15.8 Å². The zero-order chi connectivity index (χ0) is 15.0. The van der Waals surface area contributed by atoms with E-state index in [0.29, 0.717) is 11.5 Å². The number of rotatable bonds is 5. The van der Waals surface area contributed by atoms with Crippen molar-refractivity contribution in [2.45, 2.75) is 39.2 Å². The van der Waals surface area contributed by atoms with Crippen LogP contribution in [0.3, 0.4) is 0 Å². The third kappa shape index (κ3) is 3.44. The summed E-state index contributed by atoms with van der Waals surface area (Å²) in [7, 11) is 3.39. The van der Waals surface area contributed by atoms with Crippen molar-refractivity contribution >= 4 is 11.5 Å². The Hall–Kier alpha value is -1.63. The number of likely N-dealkylation sites (N-methyl/N-ethyl adjacent to an activating group) is 1. The Morgan fingerprint density at radius 1 is 1.53 bits per heavy atom. The number of aliphatic hydroxyl groups is 1. The van der Waals surface area contributed by atoms with Gasteiger partial charge in [0.1, 0.15) is 5.69 Å². The highest BCUT2D eigenvalue weighted by atomic mass is 16.6. The molecule has 7 heteroatoms. The molecule has 0 spiro atoms. The second kappa shape index (κ2) is 5.16. The Morgan fingerprint density at radius 2 is 2.05 bits per heavy atom. The van der Waals surface area contributed by atoms with Crippen LogP contribution in [0.4, 0.5) is 11.5 Å². The summed E-state index contributed by atoms with van der Waals surface area (Å²) in [4.78, 5) is 12.6. The molecule has 0 atom stereocenters. The summed E-state index contributed by atoms with van der Waals surface area (Å²) in [5, 5.41) is 25.4. The van der Waals surface area contributed by atoms with Crippen LogP contribution in [-0.4, -0.2) is 39.0 Å². The minimum absolute atomic E-state index is 0.0178. The van der Waals surface area contributed by atoms with Crippen LogP contribution in [0.2, 0.25) is 0 Å². The number of aromatic nitrogens is 2. The number of nitrogens with zero attached hydrogens (tertiary/aromatic N) is 4. The van der Waals surface area contributed by atoms with Gasteiger partial charge in [0.05, 0.1) is 10.5 Å². The fourth-order valence-corrected chi connectivity index (χ4v) is 2.17. The molecule has 0 aliphatic heterocycles. The van der Waals surface area contributed by atoms with Crippen LogP contribution in [0.15, 0.2) is 0 Å². The average molecular weight is 270 g/mol. The molecule has 0 fully saturated rings. The molecular formula is C12H22N4O3. The SMILES string of the molecule is CC(C)c1nn(C)c(N(C)CC(C)(C)O)c1[N+](=O)[O-]. The third-order valence-electron chi connectivity index (χ3n) is 2.73. The molecule has 0 saturated heterocycles. The molecule has 7 nitrogen and oxygen atoms in total. The molecule has 1 heterocycles. The Balaban J connectivity index is 3.30. The number of aryl methyl sites for hydroxylation is 1. The predicted molar refractivity (Wildman–Crippen MR) is 73.5 cm³/mol. The lowest BCUT2D eigenvalue weighted by Crippen LogP contribution is -2.37. The van der Waals surface area contributed by atoms with Gasteiger partial charge in [-0.1, -0.05) is 13.8 Å². The number of anilines is 1. The van der Waals surface area contributed by atoms with Gasteiger partial charge in [0, 0.05) is 26.6 Å². The normalized spacial score (nSPS) is 12.0. The van der Waals surface area contributed by atoms with Gasteiger partial charge in [-0.2, -0.15) is 5.10 Å². The fraction of sp³-hybridized carbons (Fsp3) is 0.750. The van der Waals surface area contributed by atoms with Gasteiger partial charge in [-0.25, -0.2) is 4.68 Å². The van der Waals surface area contributed by atoms with Crippen LogP contribution in [0.25, 0.3) is 0 Å². The lowest BCUT2D eigenvalue weighted by molar-refractivity contribution is -0.385. The fourth-order valence-electron chi connectivity index (χ4n) is 2.17. The van der Waals surface area contributed by atoms with Crippen molar-refractivity contribution in [1.82, 2.24) is 9.78 Å². The van der Waals surface area contributed by atoms with Crippen molar-refractivity contribution in [3.8, 4) is 0 Å². The second-order valence-electron chi connectivity index (χ2n) is 5.76. The van der Waals surface area contributed by atoms with Crippen LogP contribution < -0.4 is 4.90 Å². The molecule has 1 rings (SSSR count). The van der Waals surface area contributed by atoms with E-state index in [-0.39, 0.29) is 18.2 Å². The van der Waals surface area contributed by atoms with E-state index in [2.05, 4.69) is 5.10 Å². The average Bonchev–Trinajstić information content (AvgIpc) is 2.53. The van der Waals surface area contributed by atoms with Gasteiger partial charge < -0.3 is 10.0 Å². The molecule has 108 valence electrons. The maximum absolute atomic E-state index is 11.3. The predicted octanol–water partition coefficient (Wildman–Crippen LogP) is 1.66. The number of nitro groups is 1. The molecule has 1 aromatic rings. The van der Waals surface area contributed by atoms with Crippen molar-refractivity contribution < 1.29 is 10.0 Å². The molecule has 0 saturated carbocycles. The Bertz CT molecular complexity index is 474. The van der Waals surface area contributed by atoms with Gasteiger partial charge in [-0.05, 0) is 13.8 Å². The summed E-state index contributed by atoms with van der Waals surface area (Å²) < 4.78 is 1.50. The van der Waals surface area contributed by atoms with E-state index < -0.39 is 10.5 Å². The van der Waals surface area contributed by atoms with E-state index in [1.54, 1.807) is 32.8 Å². The first-order chi connectivity index (χ1) is 8.54. The van der Waals surface area contributed by atoms with E-state index in [1.807, 2.05) is 13.8 Å². The summed E-state index contributed by atoms with van der Waals surface area (Å²) in [5.41, 5.74) is -0.459. The highest BCUT2D eigenvalue weighted by Gasteiger charge is 2.32. The molecule has 0 radical (unpaired) electrons. The third-order valence-corrected chi connectivity index (χ3v) is 2.73. The lowest BCUT2D eigenvalue weighted by atomic mass is 10.1. The highest BCUT2D eigenvalue weighted by Crippen LogP contribution is 2.35. The molecule has 0 unspecified atom stereocenters. The monoisotopic (exact) mass is 270 g/mol. The van der Waals surface area contributed by atoms with E-state index in [0.717, 1.165) is 0 Å². The van der Waals surface area contributed by atoms with Crippen LogP contribution in [0, 0.1) is 10.1 Å². The molecule has 0 bridgehead atoms. The van der Waals surface area contributed by atoms with Crippen LogP contribution in [-0.2, 0) is 7.05 Å². The first-order valence-electron chi connectivity index (χ1n) is 6.19. The van der Waals surface area contributed by atoms with E-state index >= 15 is 0 Å². The Kier molecular flexibility index (Phi) is 4.19. The van der Waals surface area contributed by atoms with E-state index in [1.165, 1.54) is 4.68 Å². The Morgan fingerprint density at radius 3 is 2.42 bits per heavy atom. The summed E-state index contributed by atoms with van der Waals surface area (Å²) in [6.45, 7) is 7.35. The van der Waals surface area contributed by atoms with Crippen LogP contribution in [0.1, 0.15) is 39.3 Å². The zero-order valence-electron chi connectivity index (χ0n) is 12.3. The topological polar surface area (TPSA) is 84.4 Å². The smallest absolute Gasteiger partial charge is 0.334 e. The van der Waals surface area contributed by atoms with Gasteiger partial charge in [0.15, 0.2) is 0 Å². The van der Waals surface area contributed by atoms with Gasteiger partial charge in [-0.3, -0.25) is 10.1 Å². The van der Waals surface area contributed by atoms with Crippen molar-refractivity contribution in [2.24, 2.45) is 7.05 Å². The van der Waals surface area contributed by atoms with Crippen molar-refractivity contribution in [3.63, 3.8) is 0 Å². The first-order valence-corrected chi connectivity index (χ1v) is 6.19.